The molecule has 1 aromatic heterocycles. The highest BCUT2D eigenvalue weighted by Crippen LogP contribution is 2.29. The molecule has 2 aromatic carbocycles. The Balaban J connectivity index is 1.46. The Morgan fingerprint density at radius 3 is 2.66 bits per heavy atom. The van der Waals surface area contributed by atoms with Crippen molar-refractivity contribution in [1.29, 1.82) is 0 Å². The van der Waals surface area contributed by atoms with Crippen LogP contribution in [0.1, 0.15) is 54.4 Å². The van der Waals surface area contributed by atoms with Crippen molar-refractivity contribution in [2.45, 2.75) is 64.5 Å². The number of aromatic nitrogens is 2. The van der Waals surface area contributed by atoms with Crippen molar-refractivity contribution in [2.24, 2.45) is 0 Å². The maximum absolute atomic E-state index is 13.4. The van der Waals surface area contributed by atoms with Crippen LogP contribution in [0.15, 0.2) is 42.5 Å². The van der Waals surface area contributed by atoms with Gasteiger partial charge in [-0.1, -0.05) is 29.8 Å². The molecular weight excluding hydrogens is 457 g/mol. The molecule has 35 heavy (non-hydrogen) atoms. The summed E-state index contributed by atoms with van der Waals surface area (Å²) in [7, 11) is 2.13. The summed E-state index contributed by atoms with van der Waals surface area (Å²) in [5.74, 6) is -0.470. The summed E-state index contributed by atoms with van der Waals surface area (Å²) >= 11 is 0. The van der Waals surface area contributed by atoms with Crippen LogP contribution in [0.2, 0.25) is 0 Å². The molecule has 0 spiro atoms. The fraction of sp³-hybridized carbons (Fsp3) is 0.462. The van der Waals surface area contributed by atoms with Gasteiger partial charge < -0.3 is 14.6 Å². The minimum Gasteiger partial charge on any atom is -0.406 e. The molecule has 0 aliphatic heterocycles. The monoisotopic (exact) mass is 488 g/mol. The van der Waals surface area contributed by atoms with E-state index in [0.717, 1.165) is 32.2 Å². The average molecular weight is 489 g/mol. The Hall–Kier alpha value is -3.07. The van der Waals surface area contributed by atoms with E-state index in [2.05, 4.69) is 57.8 Å². The van der Waals surface area contributed by atoms with E-state index >= 15 is 0 Å². The summed E-state index contributed by atoms with van der Waals surface area (Å²) < 4.78 is 41.6. The summed E-state index contributed by atoms with van der Waals surface area (Å²) in [5, 5.41) is 0. The van der Waals surface area contributed by atoms with Gasteiger partial charge in [-0.05, 0) is 64.3 Å². The fourth-order valence-corrected chi connectivity index (χ4v) is 5.04. The number of H-pyrrole nitrogens is 1. The lowest BCUT2D eigenvalue weighted by molar-refractivity contribution is -0.274. The van der Waals surface area contributed by atoms with Gasteiger partial charge in [0.25, 0.3) is 5.91 Å². The number of carbonyl (C=O) groups is 1. The minimum absolute atomic E-state index is 0.0727. The molecule has 1 aliphatic carbocycles. The van der Waals surface area contributed by atoms with Crippen molar-refractivity contribution < 1.29 is 22.7 Å². The number of fused-ring (bicyclic) bond motifs is 1. The van der Waals surface area contributed by atoms with Crippen molar-refractivity contribution in [2.75, 3.05) is 13.6 Å². The molecule has 0 radical (unpaired) electrons. The van der Waals surface area contributed by atoms with Crippen LogP contribution in [-0.2, 0) is 6.54 Å². The Bertz CT molecular complexity index is 1180. The van der Waals surface area contributed by atoms with Gasteiger partial charge in [-0.2, -0.15) is 0 Å². The quantitative estimate of drug-likeness (QED) is 0.465. The molecule has 1 N–H and O–H groups in total. The molecule has 0 unspecified atom stereocenters. The van der Waals surface area contributed by atoms with Crippen LogP contribution in [0.3, 0.4) is 0 Å². The molecule has 1 amide bonds. The van der Waals surface area contributed by atoms with E-state index in [0.29, 0.717) is 23.6 Å². The van der Waals surface area contributed by atoms with E-state index in [9.17, 15) is 18.0 Å². The lowest BCUT2D eigenvalue weighted by Gasteiger charge is -2.40. The number of hydrogen-bond acceptors (Lipinski definition) is 4. The van der Waals surface area contributed by atoms with Crippen molar-refractivity contribution in [3.63, 3.8) is 0 Å². The molecule has 0 saturated heterocycles. The second kappa shape index (κ2) is 10.3. The van der Waals surface area contributed by atoms with E-state index in [1.807, 2.05) is 11.8 Å². The van der Waals surface area contributed by atoms with Gasteiger partial charge in [-0.25, -0.2) is 4.98 Å². The zero-order valence-corrected chi connectivity index (χ0v) is 20.2. The Morgan fingerprint density at radius 1 is 1.17 bits per heavy atom. The molecule has 0 bridgehead atoms. The molecular formula is C26H31F3N4O2. The van der Waals surface area contributed by atoms with Gasteiger partial charge >= 0.3 is 6.36 Å². The largest absolute Gasteiger partial charge is 0.573 e. The molecule has 1 fully saturated rings. The van der Waals surface area contributed by atoms with Gasteiger partial charge in [0.1, 0.15) is 5.75 Å². The summed E-state index contributed by atoms with van der Waals surface area (Å²) in [6, 6.07) is 12.7. The number of ether oxygens (including phenoxy) is 1. The number of hydrogen-bond donors (Lipinski definition) is 1. The van der Waals surface area contributed by atoms with Gasteiger partial charge in [0, 0.05) is 31.2 Å². The lowest BCUT2D eigenvalue weighted by Crippen LogP contribution is -2.47. The third-order valence-corrected chi connectivity index (χ3v) is 6.69. The van der Waals surface area contributed by atoms with E-state index in [1.165, 1.54) is 29.3 Å². The molecule has 9 heteroatoms. The van der Waals surface area contributed by atoms with Crippen LogP contribution in [-0.4, -0.2) is 57.7 Å². The average Bonchev–Trinajstić information content (AvgIpc) is 3.22. The van der Waals surface area contributed by atoms with Crippen molar-refractivity contribution in [3.05, 3.63) is 59.4 Å². The Labute approximate surface area is 203 Å². The van der Waals surface area contributed by atoms with Gasteiger partial charge in [0.15, 0.2) is 5.82 Å². The smallest absolute Gasteiger partial charge is 0.406 e. The topological polar surface area (TPSA) is 61.5 Å². The summed E-state index contributed by atoms with van der Waals surface area (Å²) in [4.78, 5) is 24.8. The molecule has 2 atom stereocenters. The minimum atomic E-state index is -4.78. The molecule has 188 valence electrons. The predicted molar refractivity (Wildman–Crippen MR) is 128 cm³/mol. The van der Waals surface area contributed by atoms with Crippen molar-refractivity contribution in [3.8, 4) is 5.75 Å². The normalized spacial score (nSPS) is 18.7. The van der Waals surface area contributed by atoms with Crippen molar-refractivity contribution in [1.82, 2.24) is 19.8 Å². The number of nitrogens with zero attached hydrogens (tertiary/aromatic N) is 3. The number of aromatic amines is 1. The Kier molecular flexibility index (Phi) is 7.35. The van der Waals surface area contributed by atoms with Crippen LogP contribution >= 0.6 is 0 Å². The fourth-order valence-electron chi connectivity index (χ4n) is 5.04. The first-order valence-corrected chi connectivity index (χ1v) is 11.9. The van der Waals surface area contributed by atoms with Gasteiger partial charge in [0.2, 0.25) is 0 Å². The molecule has 1 saturated carbocycles. The SMILES string of the molecule is CCN(C(=O)c1nc2ccc(OC(F)(F)F)cc2[nH]1)[C@H]1CCC[C@@H](N(C)Cc2cccc(C)c2)C1. The molecule has 4 rings (SSSR count). The van der Waals surface area contributed by atoms with Crippen molar-refractivity contribution >= 4 is 16.9 Å². The molecule has 6 nitrogen and oxygen atoms in total. The molecule has 1 heterocycles. The summed E-state index contributed by atoms with van der Waals surface area (Å²) in [6.07, 6.45) is -0.897. The zero-order chi connectivity index (χ0) is 25.2. The van der Waals surface area contributed by atoms with E-state index < -0.39 is 6.36 Å². The highest BCUT2D eigenvalue weighted by Gasteiger charge is 2.33. The van der Waals surface area contributed by atoms with E-state index in [-0.39, 0.29) is 23.5 Å². The number of imidazole rings is 1. The third kappa shape index (κ3) is 6.14. The van der Waals surface area contributed by atoms with Crippen LogP contribution in [0.25, 0.3) is 11.0 Å². The number of benzene rings is 2. The lowest BCUT2D eigenvalue weighted by atomic mass is 9.88. The number of carbonyl (C=O) groups excluding carboxylic acids is 1. The van der Waals surface area contributed by atoms with Gasteiger partial charge in [0.05, 0.1) is 11.0 Å². The van der Waals surface area contributed by atoms with E-state index in [4.69, 9.17) is 0 Å². The maximum atomic E-state index is 13.4. The number of rotatable bonds is 7. The first-order valence-electron chi connectivity index (χ1n) is 11.9. The highest BCUT2D eigenvalue weighted by atomic mass is 19.4. The van der Waals surface area contributed by atoms with E-state index in [1.54, 1.807) is 0 Å². The number of alkyl halides is 3. The standard InChI is InChI=1S/C26H31F3N4O2/c1-4-33(20-10-6-9-19(14-20)32(3)16-18-8-5-7-17(2)13-18)25(34)24-30-22-12-11-21(15-23(22)31-24)35-26(27,28)29/h5,7-8,11-13,15,19-20H,4,6,9-10,14,16H2,1-3H3,(H,30,31)/t19-,20+/m1/s1. The number of aryl methyl sites for hydroxylation is 1. The first-order chi connectivity index (χ1) is 16.6. The summed E-state index contributed by atoms with van der Waals surface area (Å²) in [5.41, 5.74) is 3.25. The second-order valence-corrected chi connectivity index (χ2v) is 9.28. The maximum Gasteiger partial charge on any atom is 0.573 e. The van der Waals surface area contributed by atoms with Crippen LogP contribution < -0.4 is 4.74 Å². The molecule has 1 aliphatic rings. The zero-order valence-electron chi connectivity index (χ0n) is 20.2. The van der Waals surface area contributed by atoms with Crippen LogP contribution in [0, 0.1) is 6.92 Å². The summed E-state index contributed by atoms with van der Waals surface area (Å²) in [6.45, 7) is 5.41. The van der Waals surface area contributed by atoms with Gasteiger partial charge in [-0.3, -0.25) is 9.69 Å². The number of nitrogens with one attached hydrogen (secondary N) is 1. The first kappa shape index (κ1) is 25.0. The highest BCUT2D eigenvalue weighted by molar-refractivity contribution is 5.94. The number of amides is 1. The molecule has 3 aromatic rings. The van der Waals surface area contributed by atoms with Gasteiger partial charge in [-0.15, -0.1) is 13.2 Å². The third-order valence-electron chi connectivity index (χ3n) is 6.69. The Morgan fingerprint density at radius 2 is 1.94 bits per heavy atom. The predicted octanol–water partition coefficient (Wildman–Crippen LogP) is 5.68. The van der Waals surface area contributed by atoms with Crippen LogP contribution in [0.5, 0.6) is 5.75 Å². The second-order valence-electron chi connectivity index (χ2n) is 9.28. The van der Waals surface area contributed by atoms with Crippen LogP contribution in [0.4, 0.5) is 13.2 Å². The number of halogens is 3.